The maximum atomic E-state index is 13.5. The van der Waals surface area contributed by atoms with Gasteiger partial charge in [-0.25, -0.2) is 0 Å². The van der Waals surface area contributed by atoms with Crippen LogP contribution in [-0.4, -0.2) is 21.7 Å². The highest BCUT2D eigenvalue weighted by Crippen LogP contribution is 2.48. The second-order valence-electron chi connectivity index (χ2n) is 6.95. The van der Waals surface area contributed by atoms with E-state index in [9.17, 15) is 18.0 Å². The zero-order chi connectivity index (χ0) is 19.4. The summed E-state index contributed by atoms with van der Waals surface area (Å²) in [5.41, 5.74) is -1.51. The minimum atomic E-state index is -4.38. The van der Waals surface area contributed by atoms with E-state index in [0.717, 1.165) is 34.1 Å². The quantitative estimate of drug-likeness (QED) is 0.545. The van der Waals surface area contributed by atoms with Gasteiger partial charge in [0.05, 0.1) is 16.6 Å². The standard InChI is InChI=1S/C21H18F3NOS/c1-3-13-14-8-5-7-11-17(14)25-18(13)15-9-4-6-10-16(15)20(2,19(25)26)12-27-21(22,23)24/h4-11H,3,12H2,1-2H3/t20-/m0/s1. The Morgan fingerprint density at radius 2 is 1.74 bits per heavy atom. The fourth-order valence-electron chi connectivity index (χ4n) is 4.06. The van der Waals surface area contributed by atoms with Gasteiger partial charge in [-0.15, -0.1) is 0 Å². The van der Waals surface area contributed by atoms with Crippen molar-refractivity contribution < 1.29 is 18.0 Å². The van der Waals surface area contributed by atoms with Crippen molar-refractivity contribution in [1.82, 2.24) is 4.57 Å². The number of aromatic nitrogens is 1. The first-order valence-electron chi connectivity index (χ1n) is 8.75. The van der Waals surface area contributed by atoms with Gasteiger partial charge in [0.1, 0.15) is 0 Å². The van der Waals surface area contributed by atoms with Crippen molar-refractivity contribution in [2.45, 2.75) is 31.2 Å². The molecule has 0 N–H and O–H groups in total. The van der Waals surface area contributed by atoms with Gasteiger partial charge in [-0.2, -0.15) is 13.2 Å². The summed E-state index contributed by atoms with van der Waals surface area (Å²) in [7, 11) is 0. The molecular weight excluding hydrogens is 371 g/mol. The summed E-state index contributed by atoms with van der Waals surface area (Å²) in [4.78, 5) is 13.5. The van der Waals surface area contributed by atoms with E-state index in [1.54, 1.807) is 23.6 Å². The monoisotopic (exact) mass is 389 g/mol. The lowest BCUT2D eigenvalue weighted by Crippen LogP contribution is -2.43. The molecule has 0 unspecified atom stereocenters. The molecule has 140 valence electrons. The number of halogens is 3. The fraction of sp³-hybridized carbons (Fsp3) is 0.286. The van der Waals surface area contributed by atoms with Crippen LogP contribution in [0.4, 0.5) is 13.2 Å². The molecule has 4 rings (SSSR count). The third-order valence-corrected chi connectivity index (χ3v) is 6.36. The van der Waals surface area contributed by atoms with Gasteiger partial charge in [0.25, 0.3) is 0 Å². The minimum Gasteiger partial charge on any atom is -0.279 e. The first-order chi connectivity index (χ1) is 12.8. The number of carbonyl (C=O) groups excluding carboxylic acids is 1. The van der Waals surface area contributed by atoms with Crippen LogP contribution in [0.5, 0.6) is 0 Å². The normalized spacial score (nSPS) is 19.2. The molecule has 0 saturated carbocycles. The third-order valence-electron chi connectivity index (χ3n) is 5.31. The van der Waals surface area contributed by atoms with Crippen LogP contribution in [0, 0.1) is 0 Å². The van der Waals surface area contributed by atoms with Gasteiger partial charge in [0.2, 0.25) is 5.91 Å². The molecule has 1 aliphatic rings. The molecule has 0 amide bonds. The molecule has 0 radical (unpaired) electrons. The molecule has 0 fully saturated rings. The Hall–Kier alpha value is -2.21. The van der Waals surface area contributed by atoms with E-state index in [1.165, 1.54) is 0 Å². The lowest BCUT2D eigenvalue weighted by molar-refractivity contribution is -0.0329. The summed E-state index contributed by atoms with van der Waals surface area (Å²) in [5, 5.41) is 0.978. The van der Waals surface area contributed by atoms with E-state index < -0.39 is 10.9 Å². The molecule has 2 aromatic carbocycles. The summed E-state index contributed by atoms with van der Waals surface area (Å²) in [6.07, 6.45) is 0.735. The van der Waals surface area contributed by atoms with E-state index in [0.29, 0.717) is 5.56 Å². The number of fused-ring (bicyclic) bond motifs is 5. The van der Waals surface area contributed by atoms with Gasteiger partial charge in [-0.1, -0.05) is 49.4 Å². The van der Waals surface area contributed by atoms with Crippen molar-refractivity contribution in [3.05, 3.63) is 59.7 Å². The smallest absolute Gasteiger partial charge is 0.279 e. The summed E-state index contributed by atoms with van der Waals surface area (Å²) in [5.74, 6) is -0.649. The molecular formula is C21H18F3NOS. The summed E-state index contributed by atoms with van der Waals surface area (Å²) in [6.45, 7) is 3.65. The predicted molar refractivity (Wildman–Crippen MR) is 103 cm³/mol. The zero-order valence-corrected chi connectivity index (χ0v) is 15.7. The lowest BCUT2D eigenvalue weighted by Gasteiger charge is -2.36. The van der Waals surface area contributed by atoms with Gasteiger partial charge in [0, 0.05) is 16.7 Å². The number of carbonyl (C=O) groups is 1. The number of nitrogens with zero attached hydrogens (tertiary/aromatic N) is 1. The van der Waals surface area contributed by atoms with Crippen molar-refractivity contribution in [3.8, 4) is 11.3 Å². The van der Waals surface area contributed by atoms with Crippen LogP contribution in [0.15, 0.2) is 48.5 Å². The number of aryl methyl sites for hydroxylation is 1. The highest BCUT2D eigenvalue weighted by Gasteiger charge is 2.46. The van der Waals surface area contributed by atoms with E-state index in [-0.39, 0.29) is 23.4 Å². The Kier molecular flexibility index (Phi) is 4.14. The van der Waals surface area contributed by atoms with Crippen LogP contribution in [0.3, 0.4) is 0 Å². The van der Waals surface area contributed by atoms with Crippen LogP contribution < -0.4 is 0 Å². The molecule has 27 heavy (non-hydrogen) atoms. The largest absolute Gasteiger partial charge is 0.441 e. The molecule has 0 saturated heterocycles. The van der Waals surface area contributed by atoms with E-state index >= 15 is 0 Å². The van der Waals surface area contributed by atoms with Crippen molar-refractivity contribution in [3.63, 3.8) is 0 Å². The third kappa shape index (κ3) is 2.69. The van der Waals surface area contributed by atoms with Gasteiger partial charge < -0.3 is 0 Å². The molecule has 0 aliphatic carbocycles. The molecule has 6 heteroatoms. The van der Waals surface area contributed by atoms with Gasteiger partial charge in [-0.3, -0.25) is 9.36 Å². The molecule has 0 spiro atoms. The van der Waals surface area contributed by atoms with Crippen molar-refractivity contribution in [1.29, 1.82) is 0 Å². The number of rotatable bonds is 3. The van der Waals surface area contributed by atoms with Gasteiger partial charge in [0.15, 0.2) is 0 Å². The van der Waals surface area contributed by atoms with Crippen LogP contribution >= 0.6 is 11.8 Å². The van der Waals surface area contributed by atoms with Crippen molar-refractivity contribution in [2.24, 2.45) is 0 Å². The summed E-state index contributed by atoms with van der Waals surface area (Å²) < 4.78 is 40.4. The zero-order valence-electron chi connectivity index (χ0n) is 14.9. The number of thioether (sulfide) groups is 1. The maximum absolute atomic E-state index is 13.5. The molecule has 3 aromatic rings. The Bertz CT molecular complexity index is 1050. The SMILES string of the molecule is CCc1c2n(c3ccccc13)C(=O)[C@@](C)(CSC(F)(F)F)c1ccccc1-2. The molecule has 1 atom stereocenters. The molecule has 2 nitrogen and oxygen atoms in total. The molecule has 2 heterocycles. The highest BCUT2D eigenvalue weighted by molar-refractivity contribution is 8.00. The molecule has 0 bridgehead atoms. The number of benzene rings is 2. The highest BCUT2D eigenvalue weighted by atomic mass is 32.2. The lowest BCUT2D eigenvalue weighted by atomic mass is 9.77. The van der Waals surface area contributed by atoms with E-state index in [2.05, 4.69) is 0 Å². The van der Waals surface area contributed by atoms with Crippen molar-refractivity contribution >= 4 is 28.6 Å². The van der Waals surface area contributed by atoms with E-state index in [4.69, 9.17) is 0 Å². The summed E-state index contributed by atoms with van der Waals surface area (Å²) in [6, 6.07) is 14.9. The van der Waals surface area contributed by atoms with Gasteiger partial charge in [-0.05, 0) is 42.3 Å². The second-order valence-corrected chi connectivity index (χ2v) is 7.99. The Morgan fingerprint density at radius 3 is 2.44 bits per heavy atom. The van der Waals surface area contributed by atoms with E-state index in [1.807, 2.05) is 43.3 Å². The number of hydrogen-bond donors (Lipinski definition) is 0. The predicted octanol–water partition coefficient (Wildman–Crippen LogP) is 6.04. The van der Waals surface area contributed by atoms with Gasteiger partial charge >= 0.3 is 5.51 Å². The summed E-state index contributed by atoms with van der Waals surface area (Å²) >= 11 is -0.135. The number of hydrogen-bond acceptors (Lipinski definition) is 2. The minimum absolute atomic E-state index is 0.135. The average molecular weight is 389 g/mol. The maximum Gasteiger partial charge on any atom is 0.441 e. The Labute approximate surface area is 159 Å². The van der Waals surface area contributed by atoms with Crippen LogP contribution in [0.1, 0.15) is 29.8 Å². The number of para-hydroxylation sites is 1. The molecule has 1 aliphatic heterocycles. The molecule has 1 aromatic heterocycles. The first-order valence-corrected chi connectivity index (χ1v) is 9.74. The van der Waals surface area contributed by atoms with Crippen LogP contribution in [0.2, 0.25) is 0 Å². The average Bonchev–Trinajstić information content (AvgIpc) is 2.98. The fourth-order valence-corrected chi connectivity index (χ4v) is 4.79. The Balaban J connectivity index is 2.02. The Morgan fingerprint density at radius 1 is 1.07 bits per heavy atom. The van der Waals surface area contributed by atoms with Crippen LogP contribution in [-0.2, 0) is 11.8 Å². The topological polar surface area (TPSA) is 22.0 Å². The van der Waals surface area contributed by atoms with Crippen molar-refractivity contribution in [2.75, 3.05) is 5.75 Å². The second kappa shape index (κ2) is 6.16. The number of alkyl halides is 3. The van der Waals surface area contributed by atoms with Crippen LogP contribution in [0.25, 0.3) is 22.2 Å². The first kappa shape index (κ1) is 18.2.